The zero-order valence-corrected chi connectivity index (χ0v) is 12.7. The Hall–Kier alpha value is -1.20. The molecule has 8 heteroatoms. The average Bonchev–Trinajstić information content (AvgIpc) is 2.47. The highest BCUT2D eigenvalue weighted by Crippen LogP contribution is 2.19. The minimum atomic E-state index is -3.63. The van der Waals surface area contributed by atoms with Crippen molar-refractivity contribution in [1.29, 1.82) is 5.26 Å². The monoisotopic (exact) mass is 316 g/mol. The van der Waals surface area contributed by atoms with Gasteiger partial charge in [-0.2, -0.15) is 9.57 Å². The van der Waals surface area contributed by atoms with Gasteiger partial charge in [0.2, 0.25) is 0 Å². The molecular weight excluding hydrogens is 300 g/mol. The van der Waals surface area contributed by atoms with E-state index in [0.29, 0.717) is 5.56 Å². The van der Waals surface area contributed by atoms with Crippen molar-refractivity contribution in [2.24, 2.45) is 0 Å². The van der Waals surface area contributed by atoms with Crippen LogP contribution in [0.5, 0.6) is 0 Å². The van der Waals surface area contributed by atoms with Crippen LogP contribution in [0.4, 0.5) is 0 Å². The Balaban J connectivity index is 0.00000200. The van der Waals surface area contributed by atoms with Gasteiger partial charge < -0.3 is 5.32 Å². The fourth-order valence-corrected chi connectivity index (χ4v) is 3.50. The van der Waals surface area contributed by atoms with Crippen molar-refractivity contribution in [3.05, 3.63) is 23.9 Å². The normalized spacial score (nSPS) is 16.4. The van der Waals surface area contributed by atoms with Crippen LogP contribution in [0.15, 0.2) is 23.4 Å². The van der Waals surface area contributed by atoms with Gasteiger partial charge in [0.05, 0.1) is 11.6 Å². The standard InChI is InChI=1S/C12H16N4O2S.ClH/c1-16(11-3-5-14-6-4-11)19(17,18)12-8-10(9-13)2-7-15-12;/h2,7-8,11,14H,3-6H2,1H3;1H. The van der Waals surface area contributed by atoms with Crippen molar-refractivity contribution >= 4 is 22.4 Å². The number of rotatable bonds is 3. The molecule has 20 heavy (non-hydrogen) atoms. The molecule has 0 aromatic carbocycles. The summed E-state index contributed by atoms with van der Waals surface area (Å²) >= 11 is 0. The molecule has 1 saturated heterocycles. The van der Waals surface area contributed by atoms with E-state index in [1.54, 1.807) is 7.05 Å². The van der Waals surface area contributed by atoms with Crippen LogP contribution < -0.4 is 5.32 Å². The van der Waals surface area contributed by atoms with Crippen LogP contribution in [0.25, 0.3) is 0 Å². The Morgan fingerprint density at radius 1 is 1.45 bits per heavy atom. The first-order valence-electron chi connectivity index (χ1n) is 6.10. The van der Waals surface area contributed by atoms with E-state index in [9.17, 15) is 8.42 Å². The number of nitrogens with one attached hydrogen (secondary N) is 1. The molecule has 110 valence electrons. The lowest BCUT2D eigenvalue weighted by Crippen LogP contribution is -2.44. The van der Waals surface area contributed by atoms with E-state index in [0.717, 1.165) is 25.9 Å². The Morgan fingerprint density at radius 3 is 2.70 bits per heavy atom. The average molecular weight is 317 g/mol. The highest BCUT2D eigenvalue weighted by Gasteiger charge is 2.30. The third-order valence-corrected chi connectivity index (χ3v) is 5.14. The second kappa shape index (κ2) is 6.99. The van der Waals surface area contributed by atoms with Gasteiger partial charge in [0.25, 0.3) is 10.0 Å². The molecule has 6 nitrogen and oxygen atoms in total. The summed E-state index contributed by atoms with van der Waals surface area (Å²) in [6.07, 6.45) is 2.92. The van der Waals surface area contributed by atoms with Crippen LogP contribution in [-0.4, -0.2) is 43.9 Å². The van der Waals surface area contributed by atoms with Crippen molar-refractivity contribution in [1.82, 2.24) is 14.6 Å². The molecule has 1 N–H and O–H groups in total. The number of sulfonamides is 1. The van der Waals surface area contributed by atoms with Crippen LogP contribution in [0.1, 0.15) is 18.4 Å². The van der Waals surface area contributed by atoms with Gasteiger partial charge in [0.1, 0.15) is 0 Å². The summed E-state index contributed by atoms with van der Waals surface area (Å²) in [5, 5.41) is 12.0. The van der Waals surface area contributed by atoms with Crippen LogP contribution in [0.2, 0.25) is 0 Å². The minimum absolute atomic E-state index is 0. The molecule has 0 spiro atoms. The smallest absolute Gasteiger partial charge is 0.260 e. The quantitative estimate of drug-likeness (QED) is 0.889. The van der Waals surface area contributed by atoms with Gasteiger partial charge in [0.15, 0.2) is 5.03 Å². The third-order valence-electron chi connectivity index (χ3n) is 3.33. The lowest BCUT2D eigenvalue weighted by Gasteiger charge is -2.30. The van der Waals surface area contributed by atoms with E-state index in [2.05, 4.69) is 10.3 Å². The molecule has 1 aromatic rings. The van der Waals surface area contributed by atoms with E-state index in [1.807, 2.05) is 6.07 Å². The molecule has 0 aliphatic carbocycles. The second-order valence-electron chi connectivity index (χ2n) is 4.50. The largest absolute Gasteiger partial charge is 0.317 e. The summed E-state index contributed by atoms with van der Waals surface area (Å²) < 4.78 is 26.2. The first-order chi connectivity index (χ1) is 9.05. The topological polar surface area (TPSA) is 86.1 Å². The van der Waals surface area contributed by atoms with Crippen molar-refractivity contribution in [2.75, 3.05) is 20.1 Å². The number of hydrogen-bond donors (Lipinski definition) is 1. The number of pyridine rings is 1. The zero-order chi connectivity index (χ0) is 13.9. The van der Waals surface area contributed by atoms with E-state index >= 15 is 0 Å². The molecule has 2 rings (SSSR count). The number of piperidine rings is 1. The summed E-state index contributed by atoms with van der Waals surface area (Å²) in [7, 11) is -2.05. The molecule has 1 aliphatic rings. The fraction of sp³-hybridized carbons (Fsp3) is 0.500. The second-order valence-corrected chi connectivity index (χ2v) is 6.44. The molecule has 0 atom stereocenters. The minimum Gasteiger partial charge on any atom is -0.317 e. The molecule has 0 saturated carbocycles. The molecule has 2 heterocycles. The van der Waals surface area contributed by atoms with Gasteiger partial charge >= 0.3 is 0 Å². The Kier molecular flexibility index (Phi) is 5.89. The van der Waals surface area contributed by atoms with E-state index in [-0.39, 0.29) is 23.5 Å². The van der Waals surface area contributed by atoms with E-state index in [4.69, 9.17) is 5.26 Å². The van der Waals surface area contributed by atoms with Gasteiger partial charge in [-0.15, -0.1) is 12.4 Å². The maximum atomic E-state index is 12.4. The lowest BCUT2D eigenvalue weighted by atomic mass is 10.1. The third kappa shape index (κ3) is 3.46. The summed E-state index contributed by atoms with van der Waals surface area (Å²) in [6.45, 7) is 1.63. The first-order valence-corrected chi connectivity index (χ1v) is 7.54. The summed E-state index contributed by atoms with van der Waals surface area (Å²) in [4.78, 5) is 3.88. The molecule has 1 aliphatic heterocycles. The maximum Gasteiger partial charge on any atom is 0.260 e. The molecule has 0 unspecified atom stereocenters. The number of hydrogen-bond acceptors (Lipinski definition) is 5. The highest BCUT2D eigenvalue weighted by molar-refractivity contribution is 7.89. The SMILES string of the molecule is CN(C1CCNCC1)S(=O)(=O)c1cc(C#N)ccn1.Cl. The van der Waals surface area contributed by atoms with Gasteiger partial charge in [-0.25, -0.2) is 13.4 Å². The number of nitriles is 1. The van der Waals surface area contributed by atoms with Gasteiger partial charge in [-0.05, 0) is 38.1 Å². The molecule has 0 bridgehead atoms. The zero-order valence-electron chi connectivity index (χ0n) is 11.1. The Morgan fingerprint density at radius 2 is 2.10 bits per heavy atom. The van der Waals surface area contributed by atoms with Crippen LogP contribution in [0, 0.1) is 11.3 Å². The van der Waals surface area contributed by atoms with Crippen molar-refractivity contribution < 1.29 is 8.42 Å². The van der Waals surface area contributed by atoms with E-state index in [1.165, 1.54) is 22.6 Å². The van der Waals surface area contributed by atoms with Crippen molar-refractivity contribution in [2.45, 2.75) is 23.9 Å². The molecule has 0 amide bonds. The Labute approximate surface area is 125 Å². The van der Waals surface area contributed by atoms with Gasteiger partial charge in [-0.3, -0.25) is 0 Å². The van der Waals surface area contributed by atoms with E-state index < -0.39 is 10.0 Å². The molecular formula is C12H17ClN4O2S. The highest BCUT2D eigenvalue weighted by atomic mass is 35.5. The predicted molar refractivity (Wildman–Crippen MR) is 77.0 cm³/mol. The van der Waals surface area contributed by atoms with Crippen molar-refractivity contribution in [3.8, 4) is 6.07 Å². The molecule has 1 fully saturated rings. The number of halogens is 1. The van der Waals surface area contributed by atoms with Crippen LogP contribution >= 0.6 is 12.4 Å². The number of aromatic nitrogens is 1. The van der Waals surface area contributed by atoms with Crippen molar-refractivity contribution in [3.63, 3.8) is 0 Å². The maximum absolute atomic E-state index is 12.4. The molecule has 1 aromatic heterocycles. The predicted octanol–water partition coefficient (Wildman–Crippen LogP) is 0.748. The van der Waals surface area contributed by atoms with Gasteiger partial charge in [0, 0.05) is 19.3 Å². The van der Waals surface area contributed by atoms with Gasteiger partial charge in [-0.1, -0.05) is 0 Å². The fourth-order valence-electron chi connectivity index (χ4n) is 2.13. The summed E-state index contributed by atoms with van der Waals surface area (Å²) in [6, 6.07) is 4.71. The summed E-state index contributed by atoms with van der Waals surface area (Å²) in [5.74, 6) is 0. The first kappa shape index (κ1) is 16.9. The lowest BCUT2D eigenvalue weighted by molar-refractivity contribution is 0.295. The summed E-state index contributed by atoms with van der Waals surface area (Å²) in [5.41, 5.74) is 0.298. The Bertz CT molecular complexity index is 594. The van der Waals surface area contributed by atoms with Crippen LogP contribution in [0.3, 0.4) is 0 Å². The van der Waals surface area contributed by atoms with Crippen LogP contribution in [-0.2, 0) is 10.0 Å². The number of nitrogens with zero attached hydrogens (tertiary/aromatic N) is 3. The molecule has 0 radical (unpaired) electrons.